The Bertz CT molecular complexity index is 1350. The summed E-state index contributed by atoms with van der Waals surface area (Å²) in [6, 6.07) is 16.1. The summed E-state index contributed by atoms with van der Waals surface area (Å²) in [5.41, 5.74) is 2.28. The number of carbonyl (C=O) groups excluding carboxylic acids is 2. The number of benzene rings is 2. The van der Waals surface area contributed by atoms with E-state index in [9.17, 15) is 19.2 Å². The highest BCUT2D eigenvalue weighted by molar-refractivity contribution is 5.95. The summed E-state index contributed by atoms with van der Waals surface area (Å²) in [5, 5.41) is 2.69. The molecule has 35 heavy (non-hydrogen) atoms. The Balaban J connectivity index is 1.57. The molecule has 0 unspecified atom stereocenters. The molecule has 0 radical (unpaired) electrons. The third-order valence-corrected chi connectivity index (χ3v) is 6.21. The van der Waals surface area contributed by atoms with Crippen LogP contribution in [0.25, 0.3) is 5.69 Å². The van der Waals surface area contributed by atoms with Crippen molar-refractivity contribution in [2.45, 2.75) is 27.3 Å². The Kier molecular flexibility index (Phi) is 6.86. The molecular weight excluding hydrogens is 446 g/mol. The molecule has 1 saturated heterocycles. The molecule has 0 bridgehead atoms. The second kappa shape index (κ2) is 10.0. The van der Waals surface area contributed by atoms with Gasteiger partial charge in [-0.05, 0) is 50.2 Å². The van der Waals surface area contributed by atoms with Crippen LogP contribution in [0.1, 0.15) is 29.9 Å². The molecule has 3 aromatic rings. The molecule has 0 aliphatic carbocycles. The van der Waals surface area contributed by atoms with Gasteiger partial charge >= 0.3 is 5.69 Å². The Morgan fingerprint density at radius 3 is 2.11 bits per heavy atom. The molecule has 1 aromatic heterocycles. The van der Waals surface area contributed by atoms with E-state index in [4.69, 9.17) is 0 Å². The van der Waals surface area contributed by atoms with E-state index in [1.807, 2.05) is 35.2 Å². The number of amides is 2. The SMILES string of the molecule is CCn1c(=O)c(N2CCN(C(=O)c3ccc(NC(C)=O)cc3)CC2)c(C)n(-c2ccccc2)c1=O. The third kappa shape index (κ3) is 4.75. The summed E-state index contributed by atoms with van der Waals surface area (Å²) in [4.78, 5) is 54.3. The van der Waals surface area contributed by atoms with Crippen molar-refractivity contribution in [3.8, 4) is 5.69 Å². The van der Waals surface area contributed by atoms with E-state index in [1.165, 1.54) is 11.5 Å². The summed E-state index contributed by atoms with van der Waals surface area (Å²) in [7, 11) is 0. The van der Waals surface area contributed by atoms with Crippen LogP contribution in [0.15, 0.2) is 64.2 Å². The quantitative estimate of drug-likeness (QED) is 0.611. The van der Waals surface area contributed by atoms with Crippen LogP contribution in [0.4, 0.5) is 11.4 Å². The van der Waals surface area contributed by atoms with E-state index in [0.29, 0.717) is 54.5 Å². The second-order valence-corrected chi connectivity index (χ2v) is 8.47. The van der Waals surface area contributed by atoms with Crippen molar-refractivity contribution < 1.29 is 9.59 Å². The lowest BCUT2D eigenvalue weighted by atomic mass is 10.1. The molecule has 182 valence electrons. The molecule has 1 aliphatic heterocycles. The minimum atomic E-state index is -0.360. The van der Waals surface area contributed by atoms with E-state index < -0.39 is 0 Å². The number of nitrogens with one attached hydrogen (secondary N) is 1. The van der Waals surface area contributed by atoms with Crippen molar-refractivity contribution in [3.63, 3.8) is 0 Å². The smallest absolute Gasteiger partial charge is 0.335 e. The molecular formula is C26H29N5O4. The van der Waals surface area contributed by atoms with Crippen molar-refractivity contribution in [1.29, 1.82) is 0 Å². The topological polar surface area (TPSA) is 96.7 Å². The van der Waals surface area contributed by atoms with Gasteiger partial charge < -0.3 is 15.1 Å². The number of para-hydroxylation sites is 1. The zero-order valence-corrected chi connectivity index (χ0v) is 20.2. The Morgan fingerprint density at radius 2 is 1.54 bits per heavy atom. The standard InChI is InChI=1S/C26H29N5O4/c1-4-30-25(34)23(18(2)31(26(30)35)22-8-6-5-7-9-22)28-14-16-29(17-15-28)24(33)20-10-12-21(13-11-20)27-19(3)32/h5-13H,4,14-17H2,1-3H3,(H,27,32). The maximum atomic E-state index is 13.3. The summed E-state index contributed by atoms with van der Waals surface area (Å²) in [6.07, 6.45) is 0. The maximum absolute atomic E-state index is 13.3. The first-order valence-electron chi connectivity index (χ1n) is 11.7. The van der Waals surface area contributed by atoms with Gasteiger partial charge in [-0.15, -0.1) is 0 Å². The average Bonchev–Trinajstić information content (AvgIpc) is 2.85. The maximum Gasteiger partial charge on any atom is 0.335 e. The minimum Gasteiger partial charge on any atom is -0.362 e. The fourth-order valence-corrected chi connectivity index (χ4v) is 4.48. The number of aromatic nitrogens is 2. The lowest BCUT2D eigenvalue weighted by molar-refractivity contribution is -0.114. The molecule has 2 heterocycles. The molecule has 0 spiro atoms. The summed E-state index contributed by atoms with van der Waals surface area (Å²) in [5.74, 6) is -0.271. The lowest BCUT2D eigenvalue weighted by Crippen LogP contribution is -2.52. The Labute approximate surface area is 203 Å². The van der Waals surface area contributed by atoms with Gasteiger partial charge in [-0.25, -0.2) is 4.79 Å². The van der Waals surface area contributed by atoms with Crippen LogP contribution in [0.2, 0.25) is 0 Å². The van der Waals surface area contributed by atoms with Crippen molar-refractivity contribution in [3.05, 3.63) is 86.7 Å². The molecule has 4 rings (SSSR count). The van der Waals surface area contributed by atoms with Gasteiger partial charge in [-0.1, -0.05) is 18.2 Å². The van der Waals surface area contributed by atoms with Gasteiger partial charge in [0.05, 0.1) is 11.4 Å². The van der Waals surface area contributed by atoms with Gasteiger partial charge in [-0.3, -0.25) is 23.5 Å². The second-order valence-electron chi connectivity index (χ2n) is 8.47. The fraction of sp³-hybridized carbons (Fsp3) is 0.308. The molecule has 2 aromatic carbocycles. The van der Waals surface area contributed by atoms with Crippen LogP contribution in [-0.4, -0.2) is 52.0 Å². The monoisotopic (exact) mass is 475 g/mol. The van der Waals surface area contributed by atoms with Gasteiger partial charge in [0.15, 0.2) is 0 Å². The first-order chi connectivity index (χ1) is 16.8. The number of hydrogen-bond acceptors (Lipinski definition) is 5. The normalized spacial score (nSPS) is 13.6. The van der Waals surface area contributed by atoms with Crippen LogP contribution in [-0.2, 0) is 11.3 Å². The van der Waals surface area contributed by atoms with E-state index in [-0.39, 0.29) is 29.6 Å². The van der Waals surface area contributed by atoms with Crippen molar-refractivity contribution in [1.82, 2.24) is 14.0 Å². The van der Waals surface area contributed by atoms with Crippen molar-refractivity contribution in [2.24, 2.45) is 0 Å². The van der Waals surface area contributed by atoms with E-state index in [0.717, 1.165) is 0 Å². The molecule has 0 atom stereocenters. The molecule has 2 amide bonds. The van der Waals surface area contributed by atoms with Crippen LogP contribution >= 0.6 is 0 Å². The van der Waals surface area contributed by atoms with Crippen molar-refractivity contribution >= 4 is 23.2 Å². The molecule has 9 nitrogen and oxygen atoms in total. The average molecular weight is 476 g/mol. The zero-order valence-electron chi connectivity index (χ0n) is 20.2. The number of hydrogen-bond donors (Lipinski definition) is 1. The largest absolute Gasteiger partial charge is 0.362 e. The number of piperazine rings is 1. The van der Waals surface area contributed by atoms with Gasteiger partial charge in [0.1, 0.15) is 5.69 Å². The van der Waals surface area contributed by atoms with E-state index >= 15 is 0 Å². The van der Waals surface area contributed by atoms with Crippen LogP contribution in [0.3, 0.4) is 0 Å². The number of nitrogens with zero attached hydrogens (tertiary/aromatic N) is 4. The van der Waals surface area contributed by atoms with Gasteiger partial charge in [0.2, 0.25) is 5.91 Å². The van der Waals surface area contributed by atoms with Crippen molar-refractivity contribution in [2.75, 3.05) is 36.4 Å². The van der Waals surface area contributed by atoms with E-state index in [1.54, 1.807) is 47.6 Å². The summed E-state index contributed by atoms with van der Waals surface area (Å²) in [6.45, 7) is 7.12. The van der Waals surface area contributed by atoms with Crippen LogP contribution in [0.5, 0.6) is 0 Å². The molecule has 1 N–H and O–H groups in total. The van der Waals surface area contributed by atoms with Crippen LogP contribution < -0.4 is 21.5 Å². The van der Waals surface area contributed by atoms with Gasteiger partial charge in [0.25, 0.3) is 11.5 Å². The first kappa shape index (κ1) is 24.0. The molecule has 1 aliphatic rings. The zero-order chi connectivity index (χ0) is 25.1. The fourth-order valence-electron chi connectivity index (χ4n) is 4.48. The minimum absolute atomic E-state index is 0.101. The predicted molar refractivity (Wildman–Crippen MR) is 136 cm³/mol. The summed E-state index contributed by atoms with van der Waals surface area (Å²) >= 11 is 0. The highest BCUT2D eigenvalue weighted by atomic mass is 16.2. The third-order valence-electron chi connectivity index (χ3n) is 6.21. The van der Waals surface area contributed by atoms with Gasteiger partial charge in [-0.2, -0.15) is 0 Å². The number of carbonyl (C=O) groups is 2. The number of rotatable bonds is 5. The first-order valence-corrected chi connectivity index (χ1v) is 11.7. The lowest BCUT2D eigenvalue weighted by Gasteiger charge is -2.36. The summed E-state index contributed by atoms with van der Waals surface area (Å²) < 4.78 is 2.83. The van der Waals surface area contributed by atoms with Crippen LogP contribution in [0, 0.1) is 6.92 Å². The Morgan fingerprint density at radius 1 is 0.914 bits per heavy atom. The molecule has 1 fully saturated rings. The predicted octanol–water partition coefficient (Wildman–Crippen LogP) is 2.25. The molecule has 0 saturated carbocycles. The Hall–Kier alpha value is -4.14. The van der Waals surface area contributed by atoms with Gasteiger partial charge in [0, 0.05) is 50.9 Å². The van der Waals surface area contributed by atoms with E-state index in [2.05, 4.69) is 5.32 Å². The number of anilines is 2. The highest BCUT2D eigenvalue weighted by Gasteiger charge is 2.27. The molecule has 9 heteroatoms. The highest BCUT2D eigenvalue weighted by Crippen LogP contribution is 2.20.